The van der Waals surface area contributed by atoms with Crippen LogP contribution >= 0.6 is 11.3 Å². The van der Waals surface area contributed by atoms with E-state index in [0.717, 1.165) is 24.3 Å². The van der Waals surface area contributed by atoms with E-state index in [2.05, 4.69) is 10.7 Å². The first-order valence-corrected chi connectivity index (χ1v) is 5.02. The minimum Gasteiger partial charge on any atom is -0.316 e. The van der Waals surface area contributed by atoms with Crippen LogP contribution in [0.3, 0.4) is 0 Å². The molecule has 1 unspecified atom stereocenters. The van der Waals surface area contributed by atoms with Crippen molar-refractivity contribution in [2.75, 3.05) is 13.1 Å². The first kappa shape index (κ1) is 7.95. The van der Waals surface area contributed by atoms with Crippen molar-refractivity contribution in [3.05, 3.63) is 21.9 Å². The fraction of sp³-hybridized carbons (Fsp3) is 0.444. The standard InChI is InChI=1S/C9H11NOS/c11-5-9-3-8(6-12-9)7-1-2-10-4-7/h3,5-7,10H,1-2,4H2. The van der Waals surface area contributed by atoms with Crippen molar-refractivity contribution in [2.24, 2.45) is 0 Å². The Balaban J connectivity index is 2.16. The lowest BCUT2D eigenvalue weighted by molar-refractivity contribution is 0.112. The Morgan fingerprint density at radius 1 is 1.67 bits per heavy atom. The second kappa shape index (κ2) is 3.37. The molecule has 0 spiro atoms. The summed E-state index contributed by atoms with van der Waals surface area (Å²) in [5.74, 6) is 0.634. The summed E-state index contributed by atoms with van der Waals surface area (Å²) in [6.07, 6.45) is 2.13. The van der Waals surface area contributed by atoms with Crippen molar-refractivity contribution in [3.63, 3.8) is 0 Å². The largest absolute Gasteiger partial charge is 0.316 e. The van der Waals surface area contributed by atoms with E-state index in [1.165, 1.54) is 12.0 Å². The number of aldehydes is 1. The van der Waals surface area contributed by atoms with Crippen LogP contribution in [0.1, 0.15) is 27.6 Å². The molecule has 0 radical (unpaired) electrons. The monoisotopic (exact) mass is 181 g/mol. The summed E-state index contributed by atoms with van der Waals surface area (Å²) in [6.45, 7) is 2.17. The molecule has 1 saturated heterocycles. The average molecular weight is 181 g/mol. The Kier molecular flexibility index (Phi) is 2.23. The predicted octanol–water partition coefficient (Wildman–Crippen LogP) is 1.64. The highest BCUT2D eigenvalue weighted by Crippen LogP contribution is 2.26. The molecule has 2 rings (SSSR count). The van der Waals surface area contributed by atoms with Crippen LogP contribution in [0.5, 0.6) is 0 Å². The smallest absolute Gasteiger partial charge is 0.160 e. The van der Waals surface area contributed by atoms with E-state index in [4.69, 9.17) is 0 Å². The minimum atomic E-state index is 0.634. The Labute approximate surface area is 75.6 Å². The molecule has 2 nitrogen and oxygen atoms in total. The van der Waals surface area contributed by atoms with Crippen molar-refractivity contribution in [1.82, 2.24) is 5.32 Å². The quantitative estimate of drug-likeness (QED) is 0.703. The van der Waals surface area contributed by atoms with Gasteiger partial charge in [0.15, 0.2) is 6.29 Å². The Bertz CT molecular complexity index is 276. The zero-order valence-corrected chi connectivity index (χ0v) is 7.56. The van der Waals surface area contributed by atoms with Gasteiger partial charge in [-0.2, -0.15) is 0 Å². The van der Waals surface area contributed by atoms with Gasteiger partial charge in [0.25, 0.3) is 0 Å². The maximum Gasteiger partial charge on any atom is 0.160 e. The summed E-state index contributed by atoms with van der Waals surface area (Å²) in [6, 6.07) is 2.01. The van der Waals surface area contributed by atoms with Crippen LogP contribution in [0, 0.1) is 0 Å². The summed E-state index contributed by atoms with van der Waals surface area (Å²) < 4.78 is 0. The molecule has 2 heterocycles. The van der Waals surface area contributed by atoms with Gasteiger partial charge >= 0.3 is 0 Å². The predicted molar refractivity (Wildman–Crippen MR) is 49.9 cm³/mol. The number of nitrogens with one attached hydrogen (secondary N) is 1. The maximum absolute atomic E-state index is 10.4. The lowest BCUT2D eigenvalue weighted by Crippen LogP contribution is -2.07. The highest BCUT2D eigenvalue weighted by atomic mass is 32.1. The second-order valence-electron chi connectivity index (χ2n) is 3.09. The number of carbonyl (C=O) groups is 1. The summed E-state index contributed by atoms with van der Waals surface area (Å²) in [7, 11) is 0. The molecule has 0 aliphatic carbocycles. The van der Waals surface area contributed by atoms with Gasteiger partial charge in [0.2, 0.25) is 0 Å². The molecule has 1 aromatic rings. The number of carbonyl (C=O) groups excluding carboxylic acids is 1. The molecule has 0 saturated carbocycles. The van der Waals surface area contributed by atoms with E-state index < -0.39 is 0 Å². The van der Waals surface area contributed by atoms with Crippen LogP contribution < -0.4 is 5.32 Å². The first-order valence-electron chi connectivity index (χ1n) is 4.14. The zero-order chi connectivity index (χ0) is 8.39. The van der Waals surface area contributed by atoms with Crippen molar-refractivity contribution in [3.8, 4) is 0 Å². The number of hydrogen-bond acceptors (Lipinski definition) is 3. The van der Waals surface area contributed by atoms with E-state index in [1.54, 1.807) is 11.3 Å². The first-order chi connectivity index (χ1) is 5.90. The van der Waals surface area contributed by atoms with Gasteiger partial charge < -0.3 is 5.32 Å². The van der Waals surface area contributed by atoms with Crippen LogP contribution in [-0.2, 0) is 0 Å². The van der Waals surface area contributed by atoms with E-state index in [1.807, 2.05) is 6.07 Å². The Hall–Kier alpha value is -0.670. The molecule has 1 atom stereocenters. The molecular weight excluding hydrogens is 170 g/mol. The second-order valence-corrected chi connectivity index (χ2v) is 4.03. The van der Waals surface area contributed by atoms with Crippen LogP contribution in [0.25, 0.3) is 0 Å². The van der Waals surface area contributed by atoms with Crippen LogP contribution in [0.15, 0.2) is 11.4 Å². The molecule has 1 N–H and O–H groups in total. The van der Waals surface area contributed by atoms with Crippen LogP contribution in [0.2, 0.25) is 0 Å². The summed E-state index contributed by atoms with van der Waals surface area (Å²) in [5, 5.41) is 5.41. The fourth-order valence-electron chi connectivity index (χ4n) is 1.58. The molecule has 1 aliphatic rings. The highest BCUT2D eigenvalue weighted by Gasteiger charge is 2.17. The molecule has 0 bridgehead atoms. The number of hydrogen-bond donors (Lipinski definition) is 1. The Morgan fingerprint density at radius 2 is 2.58 bits per heavy atom. The number of thiophene rings is 1. The average Bonchev–Trinajstić information content (AvgIpc) is 2.75. The fourth-order valence-corrected chi connectivity index (χ4v) is 2.38. The van der Waals surface area contributed by atoms with Crippen molar-refractivity contribution in [2.45, 2.75) is 12.3 Å². The lowest BCUT2D eigenvalue weighted by Gasteiger charge is -2.02. The summed E-state index contributed by atoms with van der Waals surface area (Å²) >= 11 is 1.54. The van der Waals surface area contributed by atoms with Gasteiger partial charge in [-0.25, -0.2) is 0 Å². The Morgan fingerprint density at radius 3 is 3.17 bits per heavy atom. The molecule has 0 amide bonds. The van der Waals surface area contributed by atoms with E-state index in [0.29, 0.717) is 5.92 Å². The molecule has 64 valence electrons. The van der Waals surface area contributed by atoms with Crippen LogP contribution in [-0.4, -0.2) is 19.4 Å². The third-order valence-electron chi connectivity index (χ3n) is 2.29. The van der Waals surface area contributed by atoms with Gasteiger partial charge in [-0.05, 0) is 35.9 Å². The zero-order valence-electron chi connectivity index (χ0n) is 6.75. The molecule has 1 aromatic heterocycles. The van der Waals surface area contributed by atoms with Crippen molar-refractivity contribution >= 4 is 17.6 Å². The normalized spacial score (nSPS) is 22.8. The summed E-state index contributed by atoms with van der Waals surface area (Å²) in [4.78, 5) is 11.3. The van der Waals surface area contributed by atoms with Crippen molar-refractivity contribution < 1.29 is 4.79 Å². The SMILES string of the molecule is O=Cc1cc(C2CCNC2)cs1. The van der Waals surface area contributed by atoms with Gasteiger partial charge in [0, 0.05) is 6.54 Å². The molecular formula is C9H11NOS. The minimum absolute atomic E-state index is 0.634. The molecule has 12 heavy (non-hydrogen) atoms. The summed E-state index contributed by atoms with van der Waals surface area (Å²) in [5.41, 5.74) is 1.33. The lowest BCUT2D eigenvalue weighted by atomic mass is 10.0. The van der Waals surface area contributed by atoms with E-state index >= 15 is 0 Å². The third kappa shape index (κ3) is 1.42. The highest BCUT2D eigenvalue weighted by molar-refractivity contribution is 7.11. The van der Waals surface area contributed by atoms with Gasteiger partial charge in [-0.1, -0.05) is 0 Å². The molecule has 1 aliphatic heterocycles. The molecule has 3 heteroatoms. The van der Waals surface area contributed by atoms with Gasteiger partial charge in [0.05, 0.1) is 4.88 Å². The van der Waals surface area contributed by atoms with Crippen molar-refractivity contribution in [1.29, 1.82) is 0 Å². The van der Waals surface area contributed by atoms with E-state index in [-0.39, 0.29) is 0 Å². The van der Waals surface area contributed by atoms with Crippen LogP contribution in [0.4, 0.5) is 0 Å². The number of rotatable bonds is 2. The van der Waals surface area contributed by atoms with Gasteiger partial charge in [-0.15, -0.1) is 11.3 Å². The maximum atomic E-state index is 10.4. The molecule has 1 fully saturated rings. The van der Waals surface area contributed by atoms with E-state index in [9.17, 15) is 4.79 Å². The van der Waals surface area contributed by atoms with Gasteiger partial charge in [0.1, 0.15) is 0 Å². The van der Waals surface area contributed by atoms with Gasteiger partial charge in [-0.3, -0.25) is 4.79 Å². The topological polar surface area (TPSA) is 29.1 Å². The molecule has 0 aromatic carbocycles. The third-order valence-corrected chi connectivity index (χ3v) is 3.16.